The highest BCUT2D eigenvalue weighted by Crippen LogP contribution is 2.21. The van der Waals surface area contributed by atoms with Crippen LogP contribution < -0.4 is 0 Å². The summed E-state index contributed by atoms with van der Waals surface area (Å²) < 4.78 is 62.0. The Morgan fingerprint density at radius 3 is 2.27 bits per heavy atom. The first kappa shape index (κ1) is 21.1. The van der Waals surface area contributed by atoms with E-state index in [4.69, 9.17) is 0 Å². The molecule has 1 aliphatic heterocycles. The average molecular weight is 393 g/mol. The lowest BCUT2D eigenvalue weighted by Crippen LogP contribution is -2.50. The molecule has 0 atom stereocenters. The van der Waals surface area contributed by atoms with Crippen LogP contribution in [0.4, 0.5) is 13.2 Å². The minimum atomic E-state index is -4.45. The van der Waals surface area contributed by atoms with Gasteiger partial charge in [-0.05, 0) is 12.6 Å². The Morgan fingerprint density at radius 1 is 1.08 bits per heavy atom. The van der Waals surface area contributed by atoms with Crippen molar-refractivity contribution in [2.75, 3.05) is 52.1 Å². The van der Waals surface area contributed by atoms with Crippen molar-refractivity contribution in [2.45, 2.75) is 19.1 Å². The molecule has 5 nitrogen and oxygen atoms in total. The average Bonchev–Trinajstić information content (AvgIpc) is 2.59. The van der Waals surface area contributed by atoms with Crippen molar-refractivity contribution in [3.8, 4) is 0 Å². The first-order chi connectivity index (χ1) is 12.2. The molecule has 1 fully saturated rings. The predicted octanol–water partition coefficient (Wildman–Crippen LogP) is 2.02. The molecule has 1 heterocycles. The van der Waals surface area contributed by atoms with Gasteiger partial charge in [-0.3, -0.25) is 4.90 Å². The molecule has 0 spiro atoms. The lowest BCUT2D eigenvalue weighted by molar-refractivity contribution is -0.130. The molecule has 1 aliphatic rings. The maximum Gasteiger partial charge on any atom is 0.390 e. The standard InChI is InChI=1S/C17H26F3N3O2S/c1-21(15-16-5-3-2-4-6-16)8-9-22-10-12-23(13-11-22)26(24,25)14-7-17(18,19)20/h2-6H,7-15H2,1H3. The van der Waals surface area contributed by atoms with E-state index < -0.39 is 28.4 Å². The molecule has 0 aromatic heterocycles. The second-order valence-corrected chi connectivity index (χ2v) is 8.73. The van der Waals surface area contributed by atoms with E-state index in [1.807, 2.05) is 25.2 Å². The maximum absolute atomic E-state index is 12.3. The summed E-state index contributed by atoms with van der Waals surface area (Å²) in [6.07, 6.45) is -5.74. The minimum absolute atomic E-state index is 0.253. The number of piperazine rings is 1. The summed E-state index contributed by atoms with van der Waals surface area (Å²) >= 11 is 0. The van der Waals surface area contributed by atoms with Crippen LogP contribution in [0.3, 0.4) is 0 Å². The van der Waals surface area contributed by atoms with Crippen LogP contribution in [-0.2, 0) is 16.6 Å². The molecule has 0 N–H and O–H groups in total. The van der Waals surface area contributed by atoms with Gasteiger partial charge in [0.2, 0.25) is 10.0 Å². The number of nitrogens with zero attached hydrogens (tertiary/aromatic N) is 3. The van der Waals surface area contributed by atoms with Gasteiger partial charge in [0.1, 0.15) is 0 Å². The molecule has 9 heteroatoms. The Labute approximate surface area is 153 Å². The third-order valence-corrected chi connectivity index (χ3v) is 6.33. The number of halogens is 3. The number of benzene rings is 1. The van der Waals surface area contributed by atoms with Gasteiger partial charge in [-0.2, -0.15) is 17.5 Å². The Hall–Kier alpha value is -1.16. The molecule has 0 aliphatic carbocycles. The van der Waals surface area contributed by atoms with Crippen LogP contribution in [0, 0.1) is 0 Å². The highest BCUT2D eigenvalue weighted by Gasteiger charge is 2.33. The van der Waals surface area contributed by atoms with Crippen LogP contribution in [0.2, 0.25) is 0 Å². The molecular formula is C17H26F3N3O2S. The summed E-state index contributed by atoms with van der Waals surface area (Å²) in [5, 5.41) is 0. The van der Waals surface area contributed by atoms with Crippen LogP contribution in [0.1, 0.15) is 12.0 Å². The molecule has 148 valence electrons. The smallest absolute Gasteiger partial charge is 0.301 e. The van der Waals surface area contributed by atoms with Gasteiger partial charge >= 0.3 is 6.18 Å². The quantitative estimate of drug-likeness (QED) is 0.678. The molecule has 1 aromatic carbocycles. The summed E-state index contributed by atoms with van der Waals surface area (Å²) in [6, 6.07) is 10.1. The third-order valence-electron chi connectivity index (χ3n) is 4.46. The largest absolute Gasteiger partial charge is 0.390 e. The molecule has 0 unspecified atom stereocenters. The van der Waals surface area contributed by atoms with Crippen molar-refractivity contribution in [1.82, 2.24) is 14.1 Å². The molecule has 0 bridgehead atoms. The molecule has 0 saturated carbocycles. The summed E-state index contributed by atoms with van der Waals surface area (Å²) in [4.78, 5) is 4.35. The maximum atomic E-state index is 12.3. The lowest BCUT2D eigenvalue weighted by atomic mass is 10.2. The molecule has 2 rings (SSSR count). The predicted molar refractivity (Wildman–Crippen MR) is 95.2 cm³/mol. The first-order valence-electron chi connectivity index (χ1n) is 8.65. The van der Waals surface area contributed by atoms with Crippen molar-refractivity contribution in [1.29, 1.82) is 0 Å². The van der Waals surface area contributed by atoms with Crippen molar-refractivity contribution in [3.63, 3.8) is 0 Å². The molecule has 0 radical (unpaired) electrons. The number of likely N-dealkylation sites (N-methyl/N-ethyl adjacent to an activating group) is 1. The zero-order valence-electron chi connectivity index (χ0n) is 15.0. The lowest BCUT2D eigenvalue weighted by Gasteiger charge is -2.34. The number of rotatable bonds is 8. The fraction of sp³-hybridized carbons (Fsp3) is 0.647. The second-order valence-electron chi connectivity index (χ2n) is 6.65. The Kier molecular flexibility index (Phi) is 7.45. The summed E-state index contributed by atoms with van der Waals surface area (Å²) in [6.45, 7) is 4.09. The van der Waals surface area contributed by atoms with Crippen molar-refractivity contribution in [3.05, 3.63) is 35.9 Å². The number of hydrogen-bond donors (Lipinski definition) is 0. The molecule has 1 aromatic rings. The van der Waals surface area contributed by atoms with Gasteiger partial charge in [-0.25, -0.2) is 8.42 Å². The first-order valence-corrected chi connectivity index (χ1v) is 10.3. The van der Waals surface area contributed by atoms with E-state index in [9.17, 15) is 21.6 Å². The third kappa shape index (κ3) is 7.22. The van der Waals surface area contributed by atoms with Crippen LogP contribution in [0.15, 0.2) is 30.3 Å². The van der Waals surface area contributed by atoms with E-state index >= 15 is 0 Å². The summed E-state index contributed by atoms with van der Waals surface area (Å²) in [5.74, 6) is -0.865. The summed E-state index contributed by atoms with van der Waals surface area (Å²) in [5.41, 5.74) is 1.23. The Morgan fingerprint density at radius 2 is 1.69 bits per heavy atom. The molecule has 1 saturated heterocycles. The second kappa shape index (κ2) is 9.16. The Balaban J connectivity index is 1.71. The van der Waals surface area contributed by atoms with Gasteiger partial charge in [0.15, 0.2) is 0 Å². The fourth-order valence-corrected chi connectivity index (χ4v) is 4.36. The topological polar surface area (TPSA) is 43.9 Å². The van der Waals surface area contributed by atoms with Gasteiger partial charge in [-0.15, -0.1) is 0 Å². The normalized spacial score (nSPS) is 17.7. The van der Waals surface area contributed by atoms with Crippen LogP contribution in [0.25, 0.3) is 0 Å². The minimum Gasteiger partial charge on any atom is -0.301 e. The van der Waals surface area contributed by atoms with Gasteiger partial charge in [-0.1, -0.05) is 30.3 Å². The van der Waals surface area contributed by atoms with Crippen molar-refractivity contribution >= 4 is 10.0 Å². The van der Waals surface area contributed by atoms with Crippen LogP contribution in [-0.4, -0.2) is 80.8 Å². The van der Waals surface area contributed by atoms with Gasteiger partial charge < -0.3 is 4.90 Å². The highest BCUT2D eigenvalue weighted by molar-refractivity contribution is 7.89. The number of hydrogen-bond acceptors (Lipinski definition) is 4. The Bertz CT molecular complexity index is 645. The van der Waals surface area contributed by atoms with Crippen molar-refractivity contribution in [2.24, 2.45) is 0 Å². The van der Waals surface area contributed by atoms with Gasteiger partial charge in [0, 0.05) is 45.8 Å². The van der Waals surface area contributed by atoms with Crippen LogP contribution >= 0.6 is 0 Å². The zero-order valence-corrected chi connectivity index (χ0v) is 15.8. The SMILES string of the molecule is CN(CCN1CCN(S(=O)(=O)CCC(F)(F)F)CC1)Cc1ccccc1. The van der Waals surface area contributed by atoms with E-state index in [-0.39, 0.29) is 13.1 Å². The van der Waals surface area contributed by atoms with E-state index in [0.717, 1.165) is 19.6 Å². The van der Waals surface area contributed by atoms with E-state index in [0.29, 0.717) is 13.1 Å². The monoisotopic (exact) mass is 393 g/mol. The van der Waals surface area contributed by atoms with E-state index in [1.165, 1.54) is 9.87 Å². The molecular weight excluding hydrogens is 367 g/mol. The number of alkyl halides is 3. The molecule has 26 heavy (non-hydrogen) atoms. The van der Waals surface area contributed by atoms with E-state index in [1.54, 1.807) is 0 Å². The molecule has 0 amide bonds. The van der Waals surface area contributed by atoms with E-state index in [2.05, 4.69) is 21.9 Å². The van der Waals surface area contributed by atoms with Gasteiger partial charge in [0.25, 0.3) is 0 Å². The number of sulfonamides is 1. The fourth-order valence-electron chi connectivity index (χ4n) is 2.89. The zero-order chi connectivity index (χ0) is 19.2. The van der Waals surface area contributed by atoms with Crippen LogP contribution in [0.5, 0.6) is 0 Å². The highest BCUT2D eigenvalue weighted by atomic mass is 32.2. The summed E-state index contributed by atoms with van der Waals surface area (Å²) in [7, 11) is -1.80. The van der Waals surface area contributed by atoms with Crippen molar-refractivity contribution < 1.29 is 21.6 Å². The van der Waals surface area contributed by atoms with Gasteiger partial charge in [0.05, 0.1) is 12.2 Å².